The normalized spacial score (nSPS) is 23.0. The van der Waals surface area contributed by atoms with E-state index in [1.165, 1.54) is 0 Å². The first-order valence-corrected chi connectivity index (χ1v) is 9.06. The van der Waals surface area contributed by atoms with Gasteiger partial charge in [-0.1, -0.05) is 23.7 Å². The van der Waals surface area contributed by atoms with Crippen LogP contribution in [0.2, 0.25) is 5.02 Å². The number of halogens is 1. The van der Waals surface area contributed by atoms with E-state index in [2.05, 4.69) is 25.2 Å². The van der Waals surface area contributed by atoms with Gasteiger partial charge in [0.1, 0.15) is 5.60 Å². The highest BCUT2D eigenvalue weighted by atomic mass is 35.5. The van der Waals surface area contributed by atoms with Crippen LogP contribution in [0.4, 0.5) is 4.79 Å². The smallest absolute Gasteiger partial charge is 0.410 e. The molecule has 1 saturated heterocycles. The Bertz CT molecular complexity index is 571. The van der Waals surface area contributed by atoms with Gasteiger partial charge < -0.3 is 15.0 Å². The summed E-state index contributed by atoms with van der Waals surface area (Å²) in [5, 5.41) is 4.40. The first-order chi connectivity index (χ1) is 11.2. The largest absolute Gasteiger partial charge is 0.444 e. The Balaban J connectivity index is 2.01. The van der Waals surface area contributed by atoms with E-state index < -0.39 is 5.60 Å². The zero-order valence-electron chi connectivity index (χ0n) is 15.3. The van der Waals surface area contributed by atoms with Crippen LogP contribution in [-0.4, -0.2) is 35.2 Å². The molecule has 2 rings (SSSR count). The van der Waals surface area contributed by atoms with Crippen LogP contribution in [0, 0.1) is 0 Å². The van der Waals surface area contributed by atoms with Crippen molar-refractivity contribution < 1.29 is 9.53 Å². The fraction of sp³-hybridized carbons (Fsp3) is 0.632. The number of likely N-dealkylation sites (tertiary alicyclic amines) is 1. The molecule has 0 saturated carbocycles. The van der Waals surface area contributed by atoms with Gasteiger partial charge in [0.15, 0.2) is 0 Å². The molecule has 1 aromatic rings. The number of rotatable bonds is 3. The van der Waals surface area contributed by atoms with Gasteiger partial charge in [0.05, 0.1) is 0 Å². The van der Waals surface area contributed by atoms with E-state index in [1.54, 1.807) is 0 Å². The third-order valence-corrected chi connectivity index (χ3v) is 4.66. The van der Waals surface area contributed by atoms with Gasteiger partial charge in [-0.15, -0.1) is 0 Å². The second-order valence-electron chi connectivity index (χ2n) is 7.61. The topological polar surface area (TPSA) is 41.6 Å². The lowest BCUT2D eigenvalue weighted by Crippen LogP contribution is -2.55. The number of hydrogen-bond donors (Lipinski definition) is 1. The van der Waals surface area contributed by atoms with Crippen LogP contribution in [0.15, 0.2) is 24.3 Å². The van der Waals surface area contributed by atoms with Crippen molar-refractivity contribution in [3.8, 4) is 0 Å². The number of hydrogen-bond acceptors (Lipinski definition) is 3. The van der Waals surface area contributed by atoms with Gasteiger partial charge in [0.2, 0.25) is 0 Å². The summed E-state index contributed by atoms with van der Waals surface area (Å²) in [6, 6.07) is 8.41. The molecule has 1 aliphatic rings. The third kappa shape index (κ3) is 5.12. The van der Waals surface area contributed by atoms with Gasteiger partial charge in [-0.2, -0.15) is 0 Å². The van der Waals surface area contributed by atoms with Gasteiger partial charge >= 0.3 is 6.09 Å². The van der Waals surface area contributed by atoms with Crippen molar-refractivity contribution in [3.05, 3.63) is 34.9 Å². The van der Waals surface area contributed by atoms with E-state index in [4.69, 9.17) is 16.3 Å². The second-order valence-corrected chi connectivity index (χ2v) is 8.04. The number of benzene rings is 1. The summed E-state index contributed by atoms with van der Waals surface area (Å²) in [5.41, 5.74) is 0.690. The van der Waals surface area contributed by atoms with Crippen LogP contribution in [0.3, 0.4) is 0 Å². The monoisotopic (exact) mass is 352 g/mol. The number of amides is 1. The third-order valence-electron chi connectivity index (χ3n) is 4.43. The maximum absolute atomic E-state index is 12.4. The molecule has 134 valence electrons. The molecule has 0 bridgehead atoms. The van der Waals surface area contributed by atoms with Crippen molar-refractivity contribution >= 4 is 17.7 Å². The maximum Gasteiger partial charge on any atom is 0.410 e. The summed E-state index contributed by atoms with van der Waals surface area (Å²) in [7, 11) is 0. The molecule has 1 aliphatic heterocycles. The molecule has 1 amide bonds. The van der Waals surface area contributed by atoms with Gasteiger partial charge in [0, 0.05) is 29.7 Å². The Morgan fingerprint density at radius 3 is 2.75 bits per heavy atom. The quantitative estimate of drug-likeness (QED) is 0.851. The van der Waals surface area contributed by atoms with Crippen LogP contribution in [0.1, 0.15) is 59.1 Å². The van der Waals surface area contributed by atoms with E-state index in [0.29, 0.717) is 0 Å². The van der Waals surface area contributed by atoms with Gasteiger partial charge in [-0.25, -0.2) is 4.79 Å². The summed E-state index contributed by atoms with van der Waals surface area (Å²) in [6.45, 7) is 10.7. The lowest BCUT2D eigenvalue weighted by molar-refractivity contribution is 0.00643. The van der Waals surface area contributed by atoms with Crippen molar-refractivity contribution in [2.75, 3.05) is 6.54 Å². The summed E-state index contributed by atoms with van der Waals surface area (Å²) in [6.07, 6.45) is 1.80. The van der Waals surface area contributed by atoms with Crippen LogP contribution in [0.5, 0.6) is 0 Å². The minimum absolute atomic E-state index is 0.0928. The molecule has 0 aromatic heterocycles. The summed E-state index contributed by atoms with van der Waals surface area (Å²) in [4.78, 5) is 14.3. The molecule has 1 fully saturated rings. The molecule has 1 heterocycles. The number of carbonyl (C=O) groups excluding carboxylic acids is 1. The van der Waals surface area contributed by atoms with Crippen molar-refractivity contribution in [3.63, 3.8) is 0 Å². The molecule has 4 nitrogen and oxygen atoms in total. The first-order valence-electron chi connectivity index (χ1n) is 8.68. The molecule has 3 unspecified atom stereocenters. The minimum atomic E-state index is -0.467. The minimum Gasteiger partial charge on any atom is -0.444 e. The van der Waals surface area contributed by atoms with E-state index in [0.717, 1.165) is 30.0 Å². The number of nitrogens with zero attached hydrogens (tertiary/aromatic N) is 1. The average Bonchev–Trinajstić information content (AvgIpc) is 2.47. The van der Waals surface area contributed by atoms with E-state index in [9.17, 15) is 4.79 Å². The number of piperidine rings is 1. The number of ether oxygens (including phenoxy) is 1. The highest BCUT2D eigenvalue weighted by Crippen LogP contribution is 2.24. The average molecular weight is 353 g/mol. The van der Waals surface area contributed by atoms with Crippen LogP contribution in [-0.2, 0) is 4.74 Å². The Labute approximate surface area is 150 Å². The van der Waals surface area contributed by atoms with Crippen molar-refractivity contribution in [2.24, 2.45) is 0 Å². The van der Waals surface area contributed by atoms with Crippen molar-refractivity contribution in [1.29, 1.82) is 0 Å². The van der Waals surface area contributed by atoms with E-state index in [-0.39, 0.29) is 24.2 Å². The second kappa shape index (κ2) is 7.75. The zero-order valence-corrected chi connectivity index (χ0v) is 16.1. The van der Waals surface area contributed by atoms with E-state index >= 15 is 0 Å². The van der Waals surface area contributed by atoms with Crippen LogP contribution in [0.25, 0.3) is 0 Å². The summed E-state index contributed by atoms with van der Waals surface area (Å²) in [5.74, 6) is 0. The number of carbonyl (C=O) groups is 1. The van der Waals surface area contributed by atoms with Gasteiger partial charge in [-0.3, -0.25) is 0 Å². The Kier molecular flexibility index (Phi) is 6.16. The SMILES string of the molecule is CC(NC1CCCN(C(=O)OC(C)(C)C)C1C)c1cccc(Cl)c1. The van der Waals surface area contributed by atoms with Gasteiger partial charge in [0.25, 0.3) is 0 Å². The Hall–Kier alpha value is -1.26. The van der Waals surface area contributed by atoms with Crippen LogP contribution < -0.4 is 5.32 Å². The van der Waals surface area contributed by atoms with Gasteiger partial charge in [-0.05, 0) is 65.2 Å². The summed E-state index contributed by atoms with van der Waals surface area (Å²) >= 11 is 6.09. The first kappa shape index (κ1) is 19.1. The molecule has 5 heteroatoms. The van der Waals surface area contributed by atoms with E-state index in [1.807, 2.05) is 43.9 Å². The summed E-state index contributed by atoms with van der Waals surface area (Å²) < 4.78 is 5.54. The van der Waals surface area contributed by atoms with Crippen molar-refractivity contribution in [1.82, 2.24) is 10.2 Å². The molecule has 3 atom stereocenters. The fourth-order valence-electron chi connectivity index (χ4n) is 3.14. The fourth-order valence-corrected chi connectivity index (χ4v) is 3.34. The molecular formula is C19H29ClN2O2. The highest BCUT2D eigenvalue weighted by molar-refractivity contribution is 6.30. The predicted octanol–water partition coefficient (Wildman–Crippen LogP) is 4.78. The molecule has 1 N–H and O–H groups in total. The standard InChI is InChI=1S/C19H29ClN2O2/c1-13(15-8-6-9-16(20)12-15)21-17-10-7-11-22(14(17)2)18(23)24-19(3,4)5/h6,8-9,12-14,17,21H,7,10-11H2,1-5H3. The highest BCUT2D eigenvalue weighted by Gasteiger charge is 2.34. The zero-order chi connectivity index (χ0) is 17.9. The van der Waals surface area contributed by atoms with Crippen LogP contribution >= 0.6 is 11.6 Å². The molecular weight excluding hydrogens is 324 g/mol. The molecule has 1 aromatic carbocycles. The lowest BCUT2D eigenvalue weighted by Gasteiger charge is -2.41. The Morgan fingerprint density at radius 1 is 1.42 bits per heavy atom. The lowest BCUT2D eigenvalue weighted by atomic mass is 9.96. The molecule has 0 aliphatic carbocycles. The predicted molar refractivity (Wildman–Crippen MR) is 98.4 cm³/mol. The molecule has 0 spiro atoms. The number of nitrogens with one attached hydrogen (secondary N) is 1. The maximum atomic E-state index is 12.4. The Morgan fingerprint density at radius 2 is 2.12 bits per heavy atom. The molecule has 24 heavy (non-hydrogen) atoms. The molecule has 0 radical (unpaired) electrons. The van der Waals surface area contributed by atoms with Crippen molar-refractivity contribution in [2.45, 2.75) is 71.2 Å².